The van der Waals surface area contributed by atoms with Crippen molar-refractivity contribution in [1.82, 2.24) is 9.55 Å². The third-order valence-corrected chi connectivity index (χ3v) is 4.82. The molecule has 3 aromatic rings. The van der Waals surface area contributed by atoms with Crippen LogP contribution in [0.5, 0.6) is 5.75 Å². The van der Waals surface area contributed by atoms with Gasteiger partial charge in [-0.1, -0.05) is 12.1 Å². The van der Waals surface area contributed by atoms with Crippen molar-refractivity contribution in [3.8, 4) is 5.75 Å². The molecule has 1 aromatic heterocycles. The van der Waals surface area contributed by atoms with Crippen LogP contribution in [-0.2, 0) is 13.0 Å². The number of aromatic nitrogens is 2. The molecule has 1 N–H and O–H groups in total. The Morgan fingerprint density at radius 1 is 1.29 bits per heavy atom. The summed E-state index contributed by atoms with van der Waals surface area (Å²) in [5.41, 5.74) is 6.77. The zero-order chi connectivity index (χ0) is 16.7. The van der Waals surface area contributed by atoms with Crippen LogP contribution in [0.2, 0.25) is 0 Å². The number of aryl methyl sites for hydroxylation is 2. The molecule has 124 valence electrons. The van der Waals surface area contributed by atoms with E-state index in [-0.39, 0.29) is 6.10 Å². The molecule has 2 aromatic carbocycles. The van der Waals surface area contributed by atoms with Crippen LogP contribution in [0.4, 0.5) is 0 Å². The molecule has 0 saturated heterocycles. The number of hydrogen-bond acceptors (Lipinski definition) is 3. The first-order valence-corrected chi connectivity index (χ1v) is 8.53. The highest BCUT2D eigenvalue weighted by atomic mass is 16.5. The van der Waals surface area contributed by atoms with Gasteiger partial charge in [0.25, 0.3) is 0 Å². The van der Waals surface area contributed by atoms with Crippen LogP contribution in [0.25, 0.3) is 11.0 Å². The summed E-state index contributed by atoms with van der Waals surface area (Å²) < 4.78 is 7.79. The van der Waals surface area contributed by atoms with Crippen molar-refractivity contribution in [3.05, 3.63) is 58.9 Å². The minimum absolute atomic E-state index is 0.330. The van der Waals surface area contributed by atoms with Gasteiger partial charge in [0.2, 0.25) is 0 Å². The molecule has 0 fully saturated rings. The minimum Gasteiger partial charge on any atom is -0.494 e. The summed E-state index contributed by atoms with van der Waals surface area (Å²) in [6.07, 6.45) is 3.32. The minimum atomic E-state index is -0.330. The smallest absolute Gasteiger partial charge is 0.122 e. The zero-order valence-corrected chi connectivity index (χ0v) is 14.1. The molecule has 0 bridgehead atoms. The Labute approximate surface area is 141 Å². The molecule has 1 heterocycles. The van der Waals surface area contributed by atoms with E-state index >= 15 is 0 Å². The first-order valence-electron chi connectivity index (χ1n) is 8.53. The standard InChI is InChI=1S/C20H22N2O2/c1-3-24-20-7-4-14(8-13(20)2)11-22-12-21-17-10-16-15(9-18(17)22)5-6-19(16)23/h4,7-10,12,19,23H,3,5-6,11H2,1-2H3. The number of aliphatic hydroxyl groups excluding tert-OH is 1. The van der Waals surface area contributed by atoms with Crippen molar-refractivity contribution in [2.24, 2.45) is 0 Å². The summed E-state index contributed by atoms with van der Waals surface area (Å²) >= 11 is 0. The number of fused-ring (bicyclic) bond motifs is 2. The van der Waals surface area contributed by atoms with Gasteiger partial charge < -0.3 is 14.4 Å². The average Bonchev–Trinajstić information content (AvgIpc) is 3.13. The number of ether oxygens (including phenoxy) is 1. The second kappa shape index (κ2) is 5.95. The van der Waals surface area contributed by atoms with Gasteiger partial charge in [0.05, 0.1) is 30.1 Å². The lowest BCUT2D eigenvalue weighted by Gasteiger charge is -2.10. The van der Waals surface area contributed by atoms with Gasteiger partial charge in [-0.3, -0.25) is 0 Å². The molecular weight excluding hydrogens is 300 g/mol. The summed E-state index contributed by atoms with van der Waals surface area (Å²) in [4.78, 5) is 4.52. The Balaban J connectivity index is 1.67. The Hall–Kier alpha value is -2.33. The number of imidazole rings is 1. The maximum absolute atomic E-state index is 10.0. The molecule has 0 aliphatic heterocycles. The third kappa shape index (κ3) is 2.57. The predicted octanol–water partition coefficient (Wildman–Crippen LogP) is 3.77. The van der Waals surface area contributed by atoms with Crippen LogP contribution in [-0.4, -0.2) is 21.3 Å². The van der Waals surface area contributed by atoms with E-state index in [1.54, 1.807) is 0 Å². The first-order chi connectivity index (χ1) is 11.7. The average molecular weight is 322 g/mol. The molecule has 0 amide bonds. The van der Waals surface area contributed by atoms with Crippen molar-refractivity contribution < 1.29 is 9.84 Å². The molecule has 1 aliphatic rings. The van der Waals surface area contributed by atoms with E-state index in [0.717, 1.165) is 47.3 Å². The number of aliphatic hydroxyl groups is 1. The fraction of sp³-hybridized carbons (Fsp3) is 0.350. The second-order valence-electron chi connectivity index (χ2n) is 6.50. The number of benzene rings is 2. The number of hydrogen-bond donors (Lipinski definition) is 1. The highest BCUT2D eigenvalue weighted by Crippen LogP contribution is 2.34. The van der Waals surface area contributed by atoms with Crippen LogP contribution < -0.4 is 4.74 Å². The second-order valence-corrected chi connectivity index (χ2v) is 6.50. The highest BCUT2D eigenvalue weighted by molar-refractivity contribution is 5.78. The molecule has 1 atom stereocenters. The van der Waals surface area contributed by atoms with E-state index in [0.29, 0.717) is 6.61 Å². The summed E-state index contributed by atoms with van der Waals surface area (Å²) in [5, 5.41) is 10.0. The van der Waals surface area contributed by atoms with E-state index in [2.05, 4.69) is 34.7 Å². The van der Waals surface area contributed by atoms with Crippen LogP contribution in [0, 0.1) is 6.92 Å². The molecule has 0 radical (unpaired) electrons. The quantitative estimate of drug-likeness (QED) is 0.795. The van der Waals surface area contributed by atoms with E-state index in [4.69, 9.17) is 4.74 Å². The van der Waals surface area contributed by atoms with Gasteiger partial charge in [0, 0.05) is 6.54 Å². The Morgan fingerprint density at radius 2 is 2.17 bits per heavy atom. The van der Waals surface area contributed by atoms with Gasteiger partial charge >= 0.3 is 0 Å². The highest BCUT2D eigenvalue weighted by Gasteiger charge is 2.21. The summed E-state index contributed by atoms with van der Waals surface area (Å²) in [6.45, 7) is 5.55. The summed E-state index contributed by atoms with van der Waals surface area (Å²) in [7, 11) is 0. The fourth-order valence-electron chi connectivity index (χ4n) is 3.59. The Morgan fingerprint density at radius 3 is 2.96 bits per heavy atom. The van der Waals surface area contributed by atoms with E-state index < -0.39 is 0 Å². The first kappa shape index (κ1) is 15.2. The van der Waals surface area contributed by atoms with E-state index in [1.165, 1.54) is 11.1 Å². The lowest BCUT2D eigenvalue weighted by Crippen LogP contribution is -2.00. The normalized spacial score (nSPS) is 16.5. The Bertz CT molecular complexity index is 898. The van der Waals surface area contributed by atoms with Crippen LogP contribution in [0.15, 0.2) is 36.7 Å². The molecule has 1 aliphatic carbocycles. The third-order valence-electron chi connectivity index (χ3n) is 4.82. The largest absolute Gasteiger partial charge is 0.494 e. The monoisotopic (exact) mass is 322 g/mol. The topological polar surface area (TPSA) is 47.3 Å². The SMILES string of the molecule is CCOc1ccc(Cn2cnc3cc4c(cc32)CCC4O)cc1C. The molecule has 4 rings (SSSR count). The molecule has 1 unspecified atom stereocenters. The Kier molecular flexibility index (Phi) is 3.77. The van der Waals surface area contributed by atoms with Gasteiger partial charge in [-0.25, -0.2) is 4.98 Å². The van der Waals surface area contributed by atoms with Crippen molar-refractivity contribution in [2.75, 3.05) is 6.61 Å². The molecule has 0 spiro atoms. The maximum atomic E-state index is 10.0. The molecular formula is C20H22N2O2. The van der Waals surface area contributed by atoms with Crippen molar-refractivity contribution in [3.63, 3.8) is 0 Å². The van der Waals surface area contributed by atoms with Crippen molar-refractivity contribution in [1.29, 1.82) is 0 Å². The summed E-state index contributed by atoms with van der Waals surface area (Å²) in [5.74, 6) is 0.948. The van der Waals surface area contributed by atoms with E-state index in [1.807, 2.05) is 25.4 Å². The molecule has 4 heteroatoms. The van der Waals surface area contributed by atoms with Gasteiger partial charge in [-0.05, 0) is 67.1 Å². The fourth-order valence-corrected chi connectivity index (χ4v) is 3.59. The van der Waals surface area contributed by atoms with Crippen molar-refractivity contribution >= 4 is 11.0 Å². The lowest BCUT2D eigenvalue weighted by atomic mass is 10.1. The van der Waals surface area contributed by atoms with Crippen molar-refractivity contribution in [2.45, 2.75) is 39.3 Å². The van der Waals surface area contributed by atoms with E-state index in [9.17, 15) is 5.11 Å². The lowest BCUT2D eigenvalue weighted by molar-refractivity contribution is 0.180. The van der Waals surface area contributed by atoms with Gasteiger partial charge in [0.1, 0.15) is 5.75 Å². The maximum Gasteiger partial charge on any atom is 0.122 e. The van der Waals surface area contributed by atoms with Gasteiger partial charge in [-0.15, -0.1) is 0 Å². The molecule has 24 heavy (non-hydrogen) atoms. The van der Waals surface area contributed by atoms with Crippen LogP contribution >= 0.6 is 0 Å². The zero-order valence-electron chi connectivity index (χ0n) is 14.1. The summed E-state index contributed by atoms with van der Waals surface area (Å²) in [6, 6.07) is 10.6. The van der Waals surface area contributed by atoms with Crippen LogP contribution in [0.1, 0.15) is 41.7 Å². The van der Waals surface area contributed by atoms with Gasteiger partial charge in [0.15, 0.2) is 0 Å². The molecule has 4 nitrogen and oxygen atoms in total. The van der Waals surface area contributed by atoms with Gasteiger partial charge in [-0.2, -0.15) is 0 Å². The van der Waals surface area contributed by atoms with Crippen LogP contribution in [0.3, 0.4) is 0 Å². The number of rotatable bonds is 4. The predicted molar refractivity (Wildman–Crippen MR) is 94.5 cm³/mol. The number of nitrogens with zero attached hydrogens (tertiary/aromatic N) is 2. The molecule has 0 saturated carbocycles.